The number of aromatic amines is 1. The molecular formula is C26H29N7O2. The van der Waals surface area contributed by atoms with E-state index in [-0.39, 0.29) is 6.10 Å². The number of H-pyrrole nitrogens is 1. The molecule has 9 nitrogen and oxygen atoms in total. The standard InChI is InChI=1S/C26H29N7O2/c1-14-10-28-30-15(2)24(14)16(3)35-20-5-6-22-21(9-20)25(32-31-22)17-7-23(34-4)26(27-11-17)33-12-18-8-19(13-33)29-18/h5-7,9-11,16,18-19,29H,8,12-13H2,1-4H3,(H,31,32). The molecule has 3 aliphatic heterocycles. The molecule has 0 aliphatic carbocycles. The summed E-state index contributed by atoms with van der Waals surface area (Å²) in [5.41, 5.74) is 5.65. The normalized spacial score (nSPS) is 19.9. The molecule has 3 aliphatic rings. The van der Waals surface area contributed by atoms with E-state index in [9.17, 15) is 0 Å². The minimum Gasteiger partial charge on any atom is -0.493 e. The van der Waals surface area contributed by atoms with Gasteiger partial charge in [-0.2, -0.15) is 15.3 Å². The first-order chi connectivity index (χ1) is 17.0. The Kier molecular flexibility index (Phi) is 5.29. The van der Waals surface area contributed by atoms with Crippen molar-refractivity contribution in [3.05, 3.63) is 53.5 Å². The number of nitrogens with one attached hydrogen (secondary N) is 2. The Morgan fingerprint density at radius 1 is 1.11 bits per heavy atom. The quantitative estimate of drug-likeness (QED) is 0.439. The van der Waals surface area contributed by atoms with E-state index in [0.29, 0.717) is 12.1 Å². The Morgan fingerprint density at radius 3 is 2.66 bits per heavy atom. The number of ether oxygens (including phenoxy) is 2. The van der Waals surface area contributed by atoms with Gasteiger partial charge in [0.25, 0.3) is 0 Å². The van der Waals surface area contributed by atoms with Gasteiger partial charge in [0, 0.05) is 47.9 Å². The molecule has 3 atom stereocenters. The number of aryl methyl sites for hydroxylation is 2. The van der Waals surface area contributed by atoms with Crippen LogP contribution in [-0.2, 0) is 0 Å². The Balaban J connectivity index is 1.30. The molecule has 35 heavy (non-hydrogen) atoms. The number of aromatic nitrogens is 5. The van der Waals surface area contributed by atoms with Gasteiger partial charge in [0.05, 0.1) is 24.5 Å². The number of hydrogen-bond acceptors (Lipinski definition) is 8. The largest absolute Gasteiger partial charge is 0.493 e. The summed E-state index contributed by atoms with van der Waals surface area (Å²) in [7, 11) is 1.70. The van der Waals surface area contributed by atoms with Gasteiger partial charge in [-0.25, -0.2) is 4.98 Å². The fourth-order valence-corrected chi connectivity index (χ4v) is 5.42. The summed E-state index contributed by atoms with van der Waals surface area (Å²) in [6, 6.07) is 9.09. The van der Waals surface area contributed by atoms with Gasteiger partial charge in [0.15, 0.2) is 11.6 Å². The highest BCUT2D eigenvalue weighted by molar-refractivity contribution is 5.94. The fraction of sp³-hybridized carbons (Fsp3) is 0.385. The first kappa shape index (κ1) is 21.8. The number of methoxy groups -OCH3 is 1. The van der Waals surface area contributed by atoms with Gasteiger partial charge >= 0.3 is 0 Å². The van der Waals surface area contributed by atoms with Crippen molar-refractivity contribution in [2.75, 3.05) is 25.1 Å². The summed E-state index contributed by atoms with van der Waals surface area (Å²) in [5.74, 6) is 2.42. The van der Waals surface area contributed by atoms with Crippen molar-refractivity contribution in [1.82, 2.24) is 30.7 Å². The number of benzene rings is 1. The van der Waals surface area contributed by atoms with Crippen LogP contribution in [0.15, 0.2) is 36.7 Å². The predicted molar refractivity (Wildman–Crippen MR) is 134 cm³/mol. The second-order valence-electron chi connectivity index (χ2n) is 9.52. The molecule has 2 N–H and O–H groups in total. The zero-order valence-electron chi connectivity index (χ0n) is 20.4. The molecule has 2 bridgehead atoms. The smallest absolute Gasteiger partial charge is 0.171 e. The summed E-state index contributed by atoms with van der Waals surface area (Å²) >= 11 is 0. The predicted octanol–water partition coefficient (Wildman–Crippen LogP) is 3.73. The topological polar surface area (TPSA) is 101 Å². The van der Waals surface area contributed by atoms with Gasteiger partial charge in [0.2, 0.25) is 0 Å². The monoisotopic (exact) mass is 471 g/mol. The summed E-state index contributed by atoms with van der Waals surface area (Å²) in [4.78, 5) is 7.11. The van der Waals surface area contributed by atoms with Crippen LogP contribution in [0.5, 0.6) is 11.5 Å². The summed E-state index contributed by atoms with van der Waals surface area (Å²) in [5, 5.41) is 20.5. The van der Waals surface area contributed by atoms with Gasteiger partial charge in [-0.1, -0.05) is 0 Å². The highest BCUT2D eigenvalue weighted by atomic mass is 16.5. The molecule has 0 amide bonds. The maximum absolute atomic E-state index is 6.33. The highest BCUT2D eigenvalue weighted by Gasteiger charge is 2.37. The summed E-state index contributed by atoms with van der Waals surface area (Å²) < 4.78 is 12.1. The molecule has 6 heterocycles. The van der Waals surface area contributed by atoms with Gasteiger partial charge in [-0.3, -0.25) is 5.10 Å². The molecule has 3 unspecified atom stereocenters. The molecule has 9 heteroatoms. The minimum absolute atomic E-state index is 0.162. The van der Waals surface area contributed by atoms with E-state index >= 15 is 0 Å². The van der Waals surface area contributed by atoms with E-state index in [1.165, 1.54) is 6.42 Å². The van der Waals surface area contributed by atoms with Gasteiger partial charge in [0.1, 0.15) is 17.5 Å². The van der Waals surface area contributed by atoms with Crippen molar-refractivity contribution in [2.24, 2.45) is 0 Å². The number of piperazine rings is 1. The number of piperidine rings is 1. The van der Waals surface area contributed by atoms with Crippen LogP contribution in [-0.4, -0.2) is 57.7 Å². The lowest BCUT2D eigenvalue weighted by molar-refractivity contribution is 0.224. The van der Waals surface area contributed by atoms with Crippen molar-refractivity contribution in [3.8, 4) is 22.8 Å². The van der Waals surface area contributed by atoms with Crippen LogP contribution in [0.2, 0.25) is 0 Å². The Labute approximate surface area is 203 Å². The van der Waals surface area contributed by atoms with Crippen LogP contribution in [0.1, 0.15) is 36.3 Å². The van der Waals surface area contributed by atoms with Crippen molar-refractivity contribution in [1.29, 1.82) is 0 Å². The van der Waals surface area contributed by atoms with Crippen LogP contribution in [0.4, 0.5) is 5.82 Å². The second-order valence-corrected chi connectivity index (χ2v) is 9.52. The van der Waals surface area contributed by atoms with Crippen molar-refractivity contribution in [2.45, 2.75) is 45.4 Å². The second kappa shape index (κ2) is 8.49. The van der Waals surface area contributed by atoms with Gasteiger partial charge in [-0.05, 0) is 57.0 Å². The van der Waals surface area contributed by atoms with Crippen molar-refractivity contribution >= 4 is 16.7 Å². The molecule has 0 spiro atoms. The zero-order valence-corrected chi connectivity index (χ0v) is 20.4. The van der Waals surface area contributed by atoms with Crippen LogP contribution in [0.25, 0.3) is 22.2 Å². The minimum atomic E-state index is -0.162. The number of nitrogens with zero attached hydrogens (tertiary/aromatic N) is 5. The summed E-state index contributed by atoms with van der Waals surface area (Å²) in [6.07, 6.45) is 4.74. The molecule has 3 fully saturated rings. The molecule has 0 radical (unpaired) electrons. The SMILES string of the molecule is COc1cc(-c2n[nH]c3ccc(OC(C)c4c(C)cnnc4C)cc23)cnc1N1CC2CC(C1)N2. The van der Waals surface area contributed by atoms with E-state index < -0.39 is 0 Å². The maximum atomic E-state index is 6.33. The average molecular weight is 472 g/mol. The first-order valence-electron chi connectivity index (χ1n) is 12.0. The molecule has 3 aromatic heterocycles. The maximum Gasteiger partial charge on any atom is 0.171 e. The fourth-order valence-electron chi connectivity index (χ4n) is 5.42. The van der Waals surface area contributed by atoms with Gasteiger partial charge in [-0.15, -0.1) is 0 Å². The van der Waals surface area contributed by atoms with Crippen molar-refractivity contribution in [3.63, 3.8) is 0 Å². The van der Waals surface area contributed by atoms with Crippen molar-refractivity contribution < 1.29 is 9.47 Å². The van der Waals surface area contributed by atoms with E-state index in [1.807, 2.05) is 51.2 Å². The Hall–Kier alpha value is -3.72. The van der Waals surface area contributed by atoms with Gasteiger partial charge < -0.3 is 19.7 Å². The van der Waals surface area contributed by atoms with E-state index in [4.69, 9.17) is 14.5 Å². The highest BCUT2D eigenvalue weighted by Crippen LogP contribution is 2.37. The number of hydrogen-bond donors (Lipinski definition) is 2. The number of fused-ring (bicyclic) bond motifs is 3. The molecule has 1 aromatic carbocycles. The third-order valence-electron chi connectivity index (χ3n) is 7.08. The average Bonchev–Trinajstić information content (AvgIpc) is 3.26. The van der Waals surface area contributed by atoms with E-state index in [0.717, 1.165) is 69.4 Å². The lowest BCUT2D eigenvalue weighted by Gasteiger charge is -2.48. The third kappa shape index (κ3) is 3.85. The molecule has 0 saturated carbocycles. The Morgan fingerprint density at radius 2 is 1.91 bits per heavy atom. The van der Waals surface area contributed by atoms with E-state index in [2.05, 4.69) is 30.6 Å². The van der Waals surface area contributed by atoms with Crippen LogP contribution < -0.4 is 19.7 Å². The molecule has 180 valence electrons. The lowest BCUT2D eigenvalue weighted by Crippen LogP contribution is -2.67. The van der Waals surface area contributed by atoms with E-state index in [1.54, 1.807) is 13.3 Å². The molecule has 3 saturated heterocycles. The van der Waals surface area contributed by atoms with Crippen LogP contribution in [0.3, 0.4) is 0 Å². The number of pyridine rings is 1. The summed E-state index contributed by atoms with van der Waals surface area (Å²) in [6.45, 7) is 7.93. The third-order valence-corrected chi connectivity index (χ3v) is 7.08. The zero-order chi connectivity index (χ0) is 24.1. The first-order valence-corrected chi connectivity index (χ1v) is 12.0. The number of rotatable bonds is 6. The van der Waals surface area contributed by atoms with Crippen LogP contribution >= 0.6 is 0 Å². The lowest BCUT2D eigenvalue weighted by atomic mass is 9.91. The van der Waals surface area contributed by atoms with Crippen LogP contribution in [0, 0.1) is 13.8 Å². The molecule has 7 rings (SSSR count). The molecular weight excluding hydrogens is 442 g/mol. The molecule has 4 aromatic rings. The Bertz CT molecular complexity index is 1370. The number of anilines is 1.